The van der Waals surface area contributed by atoms with Gasteiger partial charge in [0.2, 0.25) is 0 Å². The Bertz CT molecular complexity index is 402. The molecule has 2 unspecified atom stereocenters. The van der Waals surface area contributed by atoms with Gasteiger partial charge in [-0.2, -0.15) is 0 Å². The molecule has 17 heavy (non-hydrogen) atoms. The molecule has 0 radical (unpaired) electrons. The summed E-state index contributed by atoms with van der Waals surface area (Å²) < 4.78 is 10.3. The minimum absolute atomic E-state index is 0.237. The summed E-state index contributed by atoms with van der Waals surface area (Å²) in [6.07, 6.45) is -0.489. The summed E-state index contributed by atoms with van der Waals surface area (Å²) in [4.78, 5) is 11.5. The molecule has 1 aromatic carbocycles. The van der Waals surface area contributed by atoms with Crippen LogP contribution in [0.2, 0.25) is 0 Å². The minimum Gasteiger partial charge on any atom is -0.493 e. The quantitative estimate of drug-likeness (QED) is 0.807. The number of benzene rings is 1. The van der Waals surface area contributed by atoms with Crippen molar-refractivity contribution in [3.63, 3.8) is 0 Å². The predicted octanol–water partition coefficient (Wildman–Crippen LogP) is 1.48. The average molecular weight is 236 g/mol. The molecule has 1 aliphatic heterocycles. The Hall–Kier alpha value is -1.55. The van der Waals surface area contributed by atoms with E-state index in [1.807, 2.05) is 24.3 Å². The Morgan fingerprint density at radius 3 is 3.12 bits per heavy atom. The summed E-state index contributed by atoms with van der Waals surface area (Å²) in [7, 11) is 0. The van der Waals surface area contributed by atoms with E-state index in [-0.39, 0.29) is 12.5 Å². The molecule has 4 nitrogen and oxygen atoms in total. The Labute approximate surface area is 100 Å². The van der Waals surface area contributed by atoms with Crippen LogP contribution in [0, 0.1) is 0 Å². The third-order valence-electron chi connectivity index (χ3n) is 2.91. The number of esters is 1. The first-order valence-corrected chi connectivity index (χ1v) is 5.80. The second kappa shape index (κ2) is 5.19. The maximum Gasteiger partial charge on any atom is 0.335 e. The predicted molar refractivity (Wildman–Crippen MR) is 61.9 cm³/mol. The molecule has 0 saturated carbocycles. The third-order valence-corrected chi connectivity index (χ3v) is 2.91. The van der Waals surface area contributed by atoms with Crippen LogP contribution in [0.15, 0.2) is 24.3 Å². The molecule has 0 amide bonds. The molecule has 1 heterocycles. The van der Waals surface area contributed by atoms with Gasteiger partial charge in [-0.25, -0.2) is 4.79 Å². The van der Waals surface area contributed by atoms with E-state index in [9.17, 15) is 9.90 Å². The number of aliphatic hydroxyl groups excluding tert-OH is 1. The van der Waals surface area contributed by atoms with Crippen LogP contribution in [-0.2, 0) is 9.53 Å². The van der Waals surface area contributed by atoms with Crippen molar-refractivity contribution in [1.29, 1.82) is 0 Å². The highest BCUT2D eigenvalue weighted by Gasteiger charge is 2.32. The lowest BCUT2D eigenvalue weighted by atomic mass is 9.88. The maximum absolute atomic E-state index is 11.5. The maximum atomic E-state index is 11.5. The number of ether oxygens (including phenoxy) is 2. The SMILES string of the molecule is CCOC(=O)C(O)C1CCOc2ccccc21. The number of hydrogen-bond donors (Lipinski definition) is 1. The normalized spacial score (nSPS) is 20.0. The van der Waals surface area contributed by atoms with Crippen LogP contribution in [0.25, 0.3) is 0 Å². The van der Waals surface area contributed by atoms with Gasteiger partial charge >= 0.3 is 5.97 Å². The number of carbonyl (C=O) groups excluding carboxylic acids is 1. The number of rotatable bonds is 3. The highest BCUT2D eigenvalue weighted by atomic mass is 16.5. The van der Waals surface area contributed by atoms with E-state index in [4.69, 9.17) is 9.47 Å². The summed E-state index contributed by atoms with van der Waals surface area (Å²) in [6, 6.07) is 7.47. The van der Waals surface area contributed by atoms with Gasteiger partial charge < -0.3 is 14.6 Å². The molecule has 0 saturated heterocycles. The second-order valence-electron chi connectivity index (χ2n) is 3.98. The summed E-state index contributed by atoms with van der Waals surface area (Å²) >= 11 is 0. The Balaban J connectivity index is 2.20. The van der Waals surface area contributed by atoms with Crippen LogP contribution in [0.4, 0.5) is 0 Å². The lowest BCUT2D eigenvalue weighted by Gasteiger charge is -2.28. The molecule has 1 aliphatic rings. The zero-order valence-corrected chi connectivity index (χ0v) is 9.76. The summed E-state index contributed by atoms with van der Waals surface area (Å²) in [5.74, 6) is -0.0553. The summed E-state index contributed by atoms with van der Waals surface area (Å²) in [5, 5.41) is 9.99. The molecule has 0 spiro atoms. The van der Waals surface area contributed by atoms with Crippen molar-refractivity contribution in [3.05, 3.63) is 29.8 Å². The first-order chi connectivity index (χ1) is 8.24. The Kier molecular flexibility index (Phi) is 3.64. The van der Waals surface area contributed by atoms with Gasteiger partial charge in [0.15, 0.2) is 6.10 Å². The van der Waals surface area contributed by atoms with E-state index in [2.05, 4.69) is 0 Å². The van der Waals surface area contributed by atoms with Gasteiger partial charge in [0.05, 0.1) is 13.2 Å². The minimum atomic E-state index is -1.11. The largest absolute Gasteiger partial charge is 0.493 e. The van der Waals surface area contributed by atoms with Gasteiger partial charge in [-0.15, -0.1) is 0 Å². The fraction of sp³-hybridized carbons (Fsp3) is 0.462. The first kappa shape index (κ1) is 11.9. The fourth-order valence-electron chi connectivity index (χ4n) is 2.09. The van der Waals surface area contributed by atoms with Crippen LogP contribution in [-0.4, -0.2) is 30.4 Å². The van der Waals surface area contributed by atoms with E-state index in [0.717, 1.165) is 11.3 Å². The Morgan fingerprint density at radius 1 is 1.59 bits per heavy atom. The standard InChI is InChI=1S/C13H16O4/c1-2-16-13(15)12(14)10-7-8-17-11-6-4-3-5-9(10)11/h3-6,10,12,14H,2,7-8H2,1H3. The van der Waals surface area contributed by atoms with Crippen LogP contribution in [0.1, 0.15) is 24.8 Å². The second-order valence-corrected chi connectivity index (χ2v) is 3.98. The highest BCUT2D eigenvalue weighted by Crippen LogP contribution is 2.35. The molecule has 92 valence electrons. The highest BCUT2D eigenvalue weighted by molar-refractivity contribution is 5.76. The van der Waals surface area contributed by atoms with E-state index < -0.39 is 12.1 Å². The molecular formula is C13H16O4. The van der Waals surface area contributed by atoms with Crippen LogP contribution in [0.3, 0.4) is 0 Å². The van der Waals surface area contributed by atoms with Crippen molar-refractivity contribution >= 4 is 5.97 Å². The van der Waals surface area contributed by atoms with E-state index >= 15 is 0 Å². The first-order valence-electron chi connectivity index (χ1n) is 5.80. The van der Waals surface area contributed by atoms with Crippen LogP contribution >= 0.6 is 0 Å². The summed E-state index contributed by atoms with van der Waals surface area (Å²) in [5.41, 5.74) is 0.874. The van der Waals surface area contributed by atoms with Crippen LogP contribution in [0.5, 0.6) is 5.75 Å². The molecule has 0 fully saturated rings. The number of hydrogen-bond acceptors (Lipinski definition) is 4. The van der Waals surface area contributed by atoms with Gasteiger partial charge in [0.25, 0.3) is 0 Å². The zero-order chi connectivity index (χ0) is 12.3. The number of carbonyl (C=O) groups is 1. The lowest BCUT2D eigenvalue weighted by Crippen LogP contribution is -2.33. The molecular weight excluding hydrogens is 220 g/mol. The molecule has 1 aromatic rings. The average Bonchev–Trinajstić information content (AvgIpc) is 2.37. The van der Waals surface area contributed by atoms with Gasteiger partial charge in [0.1, 0.15) is 5.75 Å². The smallest absolute Gasteiger partial charge is 0.335 e. The molecule has 4 heteroatoms. The van der Waals surface area contributed by atoms with Crippen molar-refractivity contribution < 1.29 is 19.4 Å². The Morgan fingerprint density at radius 2 is 2.35 bits per heavy atom. The van der Waals surface area contributed by atoms with Gasteiger partial charge in [0, 0.05) is 11.5 Å². The number of aliphatic hydroxyl groups is 1. The fourth-order valence-corrected chi connectivity index (χ4v) is 2.09. The van der Waals surface area contributed by atoms with Crippen molar-refractivity contribution in [1.82, 2.24) is 0 Å². The lowest BCUT2D eigenvalue weighted by molar-refractivity contribution is -0.154. The van der Waals surface area contributed by atoms with Gasteiger partial charge in [-0.05, 0) is 19.4 Å². The van der Waals surface area contributed by atoms with E-state index in [1.54, 1.807) is 6.92 Å². The number of para-hydroxylation sites is 1. The topological polar surface area (TPSA) is 55.8 Å². The number of fused-ring (bicyclic) bond motifs is 1. The van der Waals surface area contributed by atoms with E-state index in [0.29, 0.717) is 13.0 Å². The van der Waals surface area contributed by atoms with Crippen molar-refractivity contribution in [2.45, 2.75) is 25.4 Å². The van der Waals surface area contributed by atoms with Crippen molar-refractivity contribution in [2.24, 2.45) is 0 Å². The molecule has 0 aromatic heterocycles. The molecule has 0 bridgehead atoms. The summed E-state index contributed by atoms with van der Waals surface area (Å²) in [6.45, 7) is 2.52. The molecule has 2 rings (SSSR count). The molecule has 2 atom stereocenters. The van der Waals surface area contributed by atoms with Gasteiger partial charge in [-0.3, -0.25) is 0 Å². The van der Waals surface area contributed by atoms with E-state index in [1.165, 1.54) is 0 Å². The molecule has 1 N–H and O–H groups in total. The van der Waals surface area contributed by atoms with Crippen LogP contribution < -0.4 is 4.74 Å². The zero-order valence-electron chi connectivity index (χ0n) is 9.76. The van der Waals surface area contributed by atoms with Crippen molar-refractivity contribution in [2.75, 3.05) is 13.2 Å². The van der Waals surface area contributed by atoms with Crippen molar-refractivity contribution in [3.8, 4) is 5.75 Å². The monoisotopic (exact) mass is 236 g/mol. The third kappa shape index (κ3) is 2.42. The molecule has 0 aliphatic carbocycles. The van der Waals surface area contributed by atoms with Gasteiger partial charge in [-0.1, -0.05) is 18.2 Å².